The van der Waals surface area contributed by atoms with Crippen LogP contribution < -0.4 is 5.32 Å². The molecule has 0 aliphatic rings. The Balaban J connectivity index is 1.67. The summed E-state index contributed by atoms with van der Waals surface area (Å²) in [5.74, 6) is -0.890. The van der Waals surface area contributed by atoms with Gasteiger partial charge in [0.05, 0.1) is 22.3 Å². The summed E-state index contributed by atoms with van der Waals surface area (Å²) < 4.78 is 42.5. The zero-order valence-electron chi connectivity index (χ0n) is 14.2. The highest BCUT2D eigenvalue weighted by molar-refractivity contribution is 6.07. The number of para-hydroxylation sites is 1. The van der Waals surface area contributed by atoms with Crippen molar-refractivity contribution in [1.82, 2.24) is 19.7 Å². The van der Waals surface area contributed by atoms with Crippen LogP contribution in [0.1, 0.15) is 15.9 Å². The Hall–Kier alpha value is -3.75. The van der Waals surface area contributed by atoms with Gasteiger partial charge in [0.2, 0.25) is 0 Å². The van der Waals surface area contributed by atoms with Crippen molar-refractivity contribution < 1.29 is 18.0 Å². The van der Waals surface area contributed by atoms with Crippen LogP contribution in [0.15, 0.2) is 67.4 Å². The highest BCUT2D eigenvalue weighted by Gasteiger charge is 2.37. The maximum absolute atomic E-state index is 13.7. The average Bonchev–Trinajstić information content (AvgIpc) is 3.21. The van der Waals surface area contributed by atoms with E-state index >= 15 is 0 Å². The highest BCUT2D eigenvalue weighted by Crippen LogP contribution is 2.37. The zero-order valence-corrected chi connectivity index (χ0v) is 14.2. The number of pyridine rings is 1. The van der Waals surface area contributed by atoms with E-state index in [0.29, 0.717) is 11.4 Å². The number of amides is 1. The molecule has 2 heterocycles. The number of benzene rings is 2. The number of carbonyl (C=O) groups is 1. The van der Waals surface area contributed by atoms with Crippen LogP contribution in [0.5, 0.6) is 0 Å². The molecule has 9 heteroatoms. The third-order valence-electron chi connectivity index (χ3n) is 4.11. The standard InChI is InChI=1S/C19H12F3N5O/c20-19(21,22)17-14-3-1-2-4-16(14)24-9-15(17)18(28)26-12-5-7-13(8-6-12)27-11-23-10-25-27/h1-11H,(H,26,28). The first-order chi connectivity index (χ1) is 13.4. The molecule has 140 valence electrons. The van der Waals surface area contributed by atoms with E-state index < -0.39 is 23.2 Å². The molecule has 6 nitrogen and oxygen atoms in total. The minimum absolute atomic E-state index is 0.121. The predicted molar refractivity (Wildman–Crippen MR) is 96.1 cm³/mol. The number of nitrogens with one attached hydrogen (secondary N) is 1. The van der Waals surface area contributed by atoms with Crippen molar-refractivity contribution in [1.29, 1.82) is 0 Å². The summed E-state index contributed by atoms with van der Waals surface area (Å²) in [4.78, 5) is 20.4. The van der Waals surface area contributed by atoms with Gasteiger partial charge in [0.1, 0.15) is 12.7 Å². The number of aromatic nitrogens is 4. The summed E-state index contributed by atoms with van der Waals surface area (Å²) in [6.07, 6.45) is -0.874. The molecule has 0 aliphatic carbocycles. The summed E-state index contributed by atoms with van der Waals surface area (Å²) in [6.45, 7) is 0. The van der Waals surface area contributed by atoms with Gasteiger partial charge in [0.25, 0.3) is 5.91 Å². The summed E-state index contributed by atoms with van der Waals surface area (Å²) in [6, 6.07) is 12.3. The van der Waals surface area contributed by atoms with Gasteiger partial charge in [-0.25, -0.2) is 9.67 Å². The number of hydrogen-bond acceptors (Lipinski definition) is 4. The van der Waals surface area contributed by atoms with Crippen molar-refractivity contribution in [2.45, 2.75) is 6.18 Å². The van der Waals surface area contributed by atoms with Gasteiger partial charge in [0, 0.05) is 17.3 Å². The Bertz CT molecular complexity index is 1140. The van der Waals surface area contributed by atoms with Crippen LogP contribution in [-0.2, 0) is 6.18 Å². The van der Waals surface area contributed by atoms with Gasteiger partial charge in [-0.05, 0) is 30.3 Å². The van der Waals surface area contributed by atoms with Crippen molar-refractivity contribution in [2.75, 3.05) is 5.32 Å². The lowest BCUT2D eigenvalue weighted by molar-refractivity contribution is -0.136. The molecule has 2 aromatic carbocycles. The van der Waals surface area contributed by atoms with Crippen molar-refractivity contribution in [3.8, 4) is 5.69 Å². The number of alkyl halides is 3. The summed E-state index contributed by atoms with van der Waals surface area (Å²) in [5.41, 5.74) is -0.334. The predicted octanol–water partition coefficient (Wildman–Crippen LogP) is 4.09. The van der Waals surface area contributed by atoms with Crippen LogP contribution in [0.4, 0.5) is 18.9 Å². The normalized spacial score (nSPS) is 11.5. The minimum atomic E-state index is -4.70. The molecule has 4 aromatic rings. The fourth-order valence-electron chi connectivity index (χ4n) is 2.86. The first-order valence-corrected chi connectivity index (χ1v) is 8.15. The van der Waals surface area contributed by atoms with E-state index in [2.05, 4.69) is 20.4 Å². The second-order valence-corrected chi connectivity index (χ2v) is 5.90. The van der Waals surface area contributed by atoms with Crippen molar-refractivity contribution in [3.05, 3.63) is 78.5 Å². The van der Waals surface area contributed by atoms with Gasteiger partial charge in [-0.15, -0.1) is 0 Å². The number of anilines is 1. The molecule has 0 atom stereocenters. The van der Waals surface area contributed by atoms with E-state index in [9.17, 15) is 18.0 Å². The van der Waals surface area contributed by atoms with Gasteiger partial charge in [-0.3, -0.25) is 9.78 Å². The van der Waals surface area contributed by atoms with E-state index in [0.717, 1.165) is 6.20 Å². The Labute approximate surface area is 156 Å². The highest BCUT2D eigenvalue weighted by atomic mass is 19.4. The lowest BCUT2D eigenvalue weighted by Gasteiger charge is -2.15. The van der Waals surface area contributed by atoms with Gasteiger partial charge in [-0.1, -0.05) is 18.2 Å². The molecule has 0 unspecified atom stereocenters. The van der Waals surface area contributed by atoms with Crippen molar-refractivity contribution in [2.24, 2.45) is 0 Å². The number of carbonyl (C=O) groups excluding carboxylic acids is 1. The minimum Gasteiger partial charge on any atom is -0.322 e. The number of halogens is 3. The third-order valence-corrected chi connectivity index (χ3v) is 4.11. The smallest absolute Gasteiger partial charge is 0.322 e. The van der Waals surface area contributed by atoms with Crippen LogP contribution in [-0.4, -0.2) is 25.7 Å². The summed E-state index contributed by atoms with van der Waals surface area (Å²) in [5, 5.41) is 6.34. The molecule has 0 saturated heterocycles. The maximum atomic E-state index is 13.7. The molecular weight excluding hydrogens is 371 g/mol. The zero-order chi connectivity index (χ0) is 19.7. The van der Waals surface area contributed by atoms with Gasteiger partial charge >= 0.3 is 6.18 Å². The summed E-state index contributed by atoms with van der Waals surface area (Å²) in [7, 11) is 0. The molecule has 0 saturated carbocycles. The first-order valence-electron chi connectivity index (χ1n) is 8.15. The van der Waals surface area contributed by atoms with Gasteiger partial charge in [0.15, 0.2) is 0 Å². The van der Waals surface area contributed by atoms with Crippen LogP contribution in [0.25, 0.3) is 16.6 Å². The van der Waals surface area contributed by atoms with Crippen LogP contribution in [0, 0.1) is 0 Å². The second-order valence-electron chi connectivity index (χ2n) is 5.90. The monoisotopic (exact) mass is 383 g/mol. The Morgan fingerprint density at radius 3 is 2.46 bits per heavy atom. The van der Waals surface area contributed by atoms with E-state index in [4.69, 9.17) is 0 Å². The molecule has 1 amide bonds. The molecule has 0 aliphatic heterocycles. The molecule has 0 spiro atoms. The lowest BCUT2D eigenvalue weighted by Crippen LogP contribution is -2.19. The lowest BCUT2D eigenvalue weighted by atomic mass is 10.0. The quantitative estimate of drug-likeness (QED) is 0.578. The molecular formula is C19H12F3N5O. The molecule has 0 bridgehead atoms. The second kappa shape index (κ2) is 6.76. The van der Waals surface area contributed by atoms with E-state index in [1.165, 1.54) is 35.5 Å². The van der Waals surface area contributed by atoms with Crippen LogP contribution in [0.2, 0.25) is 0 Å². The SMILES string of the molecule is O=C(Nc1ccc(-n2cncn2)cc1)c1cnc2ccccc2c1C(F)(F)F. The van der Waals surface area contributed by atoms with E-state index in [-0.39, 0.29) is 10.9 Å². The topological polar surface area (TPSA) is 72.7 Å². The van der Waals surface area contributed by atoms with E-state index in [1.54, 1.807) is 30.3 Å². The van der Waals surface area contributed by atoms with Gasteiger partial charge in [-0.2, -0.15) is 18.3 Å². The fourth-order valence-corrected chi connectivity index (χ4v) is 2.86. The number of hydrogen-bond donors (Lipinski definition) is 1. The molecule has 0 radical (unpaired) electrons. The average molecular weight is 383 g/mol. The molecule has 4 rings (SSSR count). The molecule has 28 heavy (non-hydrogen) atoms. The summed E-state index contributed by atoms with van der Waals surface area (Å²) >= 11 is 0. The van der Waals surface area contributed by atoms with Crippen molar-refractivity contribution in [3.63, 3.8) is 0 Å². The first kappa shape index (κ1) is 17.7. The Kier molecular flexibility index (Phi) is 4.26. The Morgan fingerprint density at radius 1 is 1.04 bits per heavy atom. The number of fused-ring (bicyclic) bond motifs is 1. The molecule has 2 aromatic heterocycles. The van der Waals surface area contributed by atoms with Crippen molar-refractivity contribution >= 4 is 22.5 Å². The fraction of sp³-hybridized carbons (Fsp3) is 0.0526. The number of rotatable bonds is 3. The third kappa shape index (κ3) is 3.29. The van der Waals surface area contributed by atoms with Crippen LogP contribution >= 0.6 is 0 Å². The van der Waals surface area contributed by atoms with Crippen LogP contribution in [0.3, 0.4) is 0 Å². The largest absolute Gasteiger partial charge is 0.417 e. The van der Waals surface area contributed by atoms with E-state index in [1.807, 2.05) is 0 Å². The number of nitrogens with zero attached hydrogens (tertiary/aromatic N) is 4. The maximum Gasteiger partial charge on any atom is 0.417 e. The molecule has 0 fully saturated rings. The van der Waals surface area contributed by atoms with Gasteiger partial charge < -0.3 is 5.32 Å². The Morgan fingerprint density at radius 2 is 1.79 bits per heavy atom. The molecule has 1 N–H and O–H groups in total.